The Morgan fingerprint density at radius 3 is 2.12 bits per heavy atom. The molecule has 0 bridgehead atoms. The van der Waals surface area contributed by atoms with Crippen LogP contribution in [-0.2, 0) is 14.8 Å². The molecule has 2 N–H and O–H groups in total. The van der Waals surface area contributed by atoms with Crippen molar-refractivity contribution >= 4 is 27.5 Å². The SMILES string of the molecule is CNC(=O)c1ccc(NC(=O)CN(C)S(=O)(=O)c2ccc(C)cc2)cc1. The molecule has 2 amide bonds. The summed E-state index contributed by atoms with van der Waals surface area (Å²) in [7, 11) is -0.864. The van der Waals surface area contributed by atoms with Gasteiger partial charge in [0.1, 0.15) is 0 Å². The summed E-state index contributed by atoms with van der Waals surface area (Å²) < 4.78 is 26.0. The van der Waals surface area contributed by atoms with E-state index in [1.807, 2.05) is 6.92 Å². The maximum atomic E-state index is 12.5. The second kappa shape index (κ2) is 8.11. The largest absolute Gasteiger partial charge is 0.355 e. The monoisotopic (exact) mass is 375 g/mol. The lowest BCUT2D eigenvalue weighted by atomic mass is 10.2. The van der Waals surface area contributed by atoms with E-state index in [1.54, 1.807) is 36.4 Å². The molecule has 26 heavy (non-hydrogen) atoms. The molecule has 7 nitrogen and oxygen atoms in total. The molecule has 0 atom stereocenters. The Bertz CT molecular complexity index is 891. The van der Waals surface area contributed by atoms with Crippen molar-refractivity contribution in [1.29, 1.82) is 0 Å². The fourth-order valence-corrected chi connectivity index (χ4v) is 3.35. The number of hydrogen-bond acceptors (Lipinski definition) is 4. The van der Waals surface area contributed by atoms with Crippen LogP contribution in [0.4, 0.5) is 5.69 Å². The van der Waals surface area contributed by atoms with Gasteiger partial charge in [0.15, 0.2) is 0 Å². The highest BCUT2D eigenvalue weighted by molar-refractivity contribution is 7.89. The van der Waals surface area contributed by atoms with Gasteiger partial charge >= 0.3 is 0 Å². The van der Waals surface area contributed by atoms with E-state index < -0.39 is 15.9 Å². The number of aryl methyl sites for hydroxylation is 1. The molecule has 2 aromatic rings. The number of sulfonamides is 1. The molecule has 0 spiro atoms. The van der Waals surface area contributed by atoms with Crippen LogP contribution in [0, 0.1) is 6.92 Å². The highest BCUT2D eigenvalue weighted by Gasteiger charge is 2.22. The molecule has 8 heteroatoms. The van der Waals surface area contributed by atoms with Crippen LogP contribution in [-0.4, -0.2) is 45.2 Å². The second-order valence-electron chi connectivity index (χ2n) is 5.78. The van der Waals surface area contributed by atoms with E-state index >= 15 is 0 Å². The predicted molar refractivity (Wildman–Crippen MR) is 99.5 cm³/mol. The summed E-state index contributed by atoms with van der Waals surface area (Å²) in [5.74, 6) is -0.706. The van der Waals surface area contributed by atoms with Crippen molar-refractivity contribution in [2.45, 2.75) is 11.8 Å². The lowest BCUT2D eigenvalue weighted by Gasteiger charge is -2.17. The van der Waals surface area contributed by atoms with Gasteiger partial charge in [-0.3, -0.25) is 9.59 Å². The summed E-state index contributed by atoms with van der Waals surface area (Å²) in [6.45, 7) is 1.54. The third-order valence-corrected chi connectivity index (χ3v) is 5.57. The van der Waals surface area contributed by atoms with Gasteiger partial charge in [-0.2, -0.15) is 4.31 Å². The van der Waals surface area contributed by atoms with Gasteiger partial charge in [0.25, 0.3) is 5.91 Å². The van der Waals surface area contributed by atoms with Crippen LogP contribution in [0.25, 0.3) is 0 Å². The van der Waals surface area contributed by atoms with Crippen LogP contribution in [0.1, 0.15) is 15.9 Å². The molecule has 2 aromatic carbocycles. The van der Waals surface area contributed by atoms with Crippen molar-refractivity contribution in [1.82, 2.24) is 9.62 Å². The lowest BCUT2D eigenvalue weighted by Crippen LogP contribution is -2.35. The molecule has 138 valence electrons. The number of benzene rings is 2. The molecule has 0 aliphatic carbocycles. The molecule has 0 saturated carbocycles. The number of nitrogens with zero attached hydrogens (tertiary/aromatic N) is 1. The summed E-state index contributed by atoms with van der Waals surface area (Å²) >= 11 is 0. The zero-order valence-corrected chi connectivity index (χ0v) is 15.6. The zero-order chi connectivity index (χ0) is 19.3. The highest BCUT2D eigenvalue weighted by Crippen LogP contribution is 2.15. The minimum absolute atomic E-state index is 0.133. The Morgan fingerprint density at radius 1 is 1.00 bits per heavy atom. The second-order valence-corrected chi connectivity index (χ2v) is 7.82. The Morgan fingerprint density at radius 2 is 1.58 bits per heavy atom. The number of carbonyl (C=O) groups excluding carboxylic acids is 2. The van der Waals surface area contributed by atoms with Crippen LogP contribution >= 0.6 is 0 Å². The number of rotatable bonds is 6. The molecule has 0 heterocycles. The van der Waals surface area contributed by atoms with E-state index in [1.165, 1.54) is 26.2 Å². The standard InChI is InChI=1S/C18H21N3O4S/c1-13-4-10-16(11-5-13)26(24,25)21(3)12-17(22)20-15-8-6-14(7-9-15)18(23)19-2/h4-11H,12H2,1-3H3,(H,19,23)(H,20,22). The molecule has 2 rings (SSSR count). The van der Waals surface area contributed by atoms with Gasteiger partial charge < -0.3 is 10.6 Å². The zero-order valence-electron chi connectivity index (χ0n) is 14.8. The van der Waals surface area contributed by atoms with Crippen LogP contribution < -0.4 is 10.6 Å². The number of hydrogen-bond donors (Lipinski definition) is 2. The minimum Gasteiger partial charge on any atom is -0.355 e. The lowest BCUT2D eigenvalue weighted by molar-refractivity contribution is -0.116. The van der Waals surface area contributed by atoms with Gasteiger partial charge in [0.05, 0.1) is 11.4 Å². The fraction of sp³-hybridized carbons (Fsp3) is 0.222. The molecule has 0 unspecified atom stereocenters. The third kappa shape index (κ3) is 4.68. The third-order valence-electron chi connectivity index (χ3n) is 3.75. The first-order valence-corrected chi connectivity index (χ1v) is 9.33. The number of anilines is 1. The first kappa shape index (κ1) is 19.6. The summed E-state index contributed by atoms with van der Waals surface area (Å²) in [5.41, 5.74) is 1.89. The summed E-state index contributed by atoms with van der Waals surface area (Å²) in [6, 6.07) is 12.7. The van der Waals surface area contributed by atoms with E-state index in [-0.39, 0.29) is 17.3 Å². The fourth-order valence-electron chi connectivity index (χ4n) is 2.23. The molecular weight excluding hydrogens is 354 g/mol. The number of likely N-dealkylation sites (N-methyl/N-ethyl adjacent to an activating group) is 1. The van der Waals surface area contributed by atoms with Crippen molar-refractivity contribution in [3.05, 3.63) is 59.7 Å². The number of carbonyl (C=O) groups is 2. The number of nitrogens with one attached hydrogen (secondary N) is 2. The van der Waals surface area contributed by atoms with Gasteiger partial charge in [0, 0.05) is 25.3 Å². The molecule has 0 saturated heterocycles. The summed E-state index contributed by atoms with van der Waals surface area (Å²) in [5, 5.41) is 5.12. The Balaban J connectivity index is 2.02. The van der Waals surface area contributed by atoms with Gasteiger partial charge in [0.2, 0.25) is 15.9 Å². The number of amides is 2. The average Bonchev–Trinajstić information content (AvgIpc) is 2.61. The Hall–Kier alpha value is -2.71. The van der Waals surface area contributed by atoms with Crippen LogP contribution in [0.3, 0.4) is 0 Å². The quantitative estimate of drug-likeness (QED) is 0.802. The predicted octanol–water partition coefficient (Wildman–Crippen LogP) is 1.61. The van der Waals surface area contributed by atoms with Crippen LogP contribution in [0.5, 0.6) is 0 Å². The van der Waals surface area contributed by atoms with Crippen molar-refractivity contribution in [3.63, 3.8) is 0 Å². The normalized spacial score (nSPS) is 11.2. The van der Waals surface area contributed by atoms with Gasteiger partial charge in [-0.15, -0.1) is 0 Å². The molecule has 0 aliphatic rings. The maximum Gasteiger partial charge on any atom is 0.251 e. The molecule has 0 radical (unpaired) electrons. The van der Waals surface area contributed by atoms with Crippen LogP contribution in [0.15, 0.2) is 53.4 Å². The van der Waals surface area contributed by atoms with E-state index in [0.717, 1.165) is 9.87 Å². The molecular formula is C18H21N3O4S. The van der Waals surface area contributed by atoms with E-state index in [2.05, 4.69) is 10.6 Å². The van der Waals surface area contributed by atoms with E-state index in [0.29, 0.717) is 11.3 Å². The topological polar surface area (TPSA) is 95.6 Å². The van der Waals surface area contributed by atoms with Crippen molar-refractivity contribution in [3.8, 4) is 0 Å². The summed E-state index contributed by atoms with van der Waals surface area (Å²) in [6.07, 6.45) is 0. The van der Waals surface area contributed by atoms with Crippen molar-refractivity contribution < 1.29 is 18.0 Å². The molecule has 0 fully saturated rings. The Kier molecular flexibility index (Phi) is 6.12. The smallest absolute Gasteiger partial charge is 0.251 e. The highest BCUT2D eigenvalue weighted by atomic mass is 32.2. The maximum absolute atomic E-state index is 12.5. The Labute approximate surface area is 153 Å². The first-order chi connectivity index (χ1) is 12.2. The van der Waals surface area contributed by atoms with E-state index in [4.69, 9.17) is 0 Å². The first-order valence-electron chi connectivity index (χ1n) is 7.89. The van der Waals surface area contributed by atoms with Crippen molar-refractivity contribution in [2.75, 3.05) is 26.0 Å². The minimum atomic E-state index is -3.74. The average molecular weight is 375 g/mol. The molecule has 0 aromatic heterocycles. The van der Waals surface area contributed by atoms with Gasteiger partial charge in [-0.25, -0.2) is 8.42 Å². The van der Waals surface area contributed by atoms with Gasteiger partial charge in [-0.05, 0) is 43.3 Å². The summed E-state index contributed by atoms with van der Waals surface area (Å²) in [4.78, 5) is 23.8. The van der Waals surface area contributed by atoms with Crippen molar-refractivity contribution in [2.24, 2.45) is 0 Å². The molecule has 0 aliphatic heterocycles. The van der Waals surface area contributed by atoms with E-state index in [9.17, 15) is 18.0 Å². The van der Waals surface area contributed by atoms with Gasteiger partial charge in [-0.1, -0.05) is 17.7 Å². The van der Waals surface area contributed by atoms with Crippen LogP contribution in [0.2, 0.25) is 0 Å².